The molecule has 3 aromatic rings. The predicted molar refractivity (Wildman–Crippen MR) is 102 cm³/mol. The Labute approximate surface area is 167 Å². The van der Waals surface area contributed by atoms with Crippen LogP contribution in [0.25, 0.3) is 11.4 Å². The second-order valence-electron chi connectivity index (χ2n) is 5.92. The largest absolute Gasteiger partial charge is 0.497 e. The quantitative estimate of drug-likeness (QED) is 0.533. The number of carbonyl (C=O) groups is 1. The van der Waals surface area contributed by atoms with Gasteiger partial charge in [-0.3, -0.25) is 0 Å². The van der Waals surface area contributed by atoms with Gasteiger partial charge < -0.3 is 18.7 Å². The summed E-state index contributed by atoms with van der Waals surface area (Å²) in [4.78, 5) is 16.4. The summed E-state index contributed by atoms with van der Waals surface area (Å²) < 4.78 is 44.4. The molecule has 0 saturated heterocycles. The number of carbonyl (C=O) groups excluding carboxylic acids is 1. The van der Waals surface area contributed by atoms with E-state index < -0.39 is 15.8 Å². The van der Waals surface area contributed by atoms with Crippen LogP contribution in [0.5, 0.6) is 11.5 Å². The first-order chi connectivity index (χ1) is 13.8. The third-order valence-corrected chi connectivity index (χ3v) is 5.11. The molecule has 29 heavy (non-hydrogen) atoms. The molecule has 0 aliphatic rings. The van der Waals surface area contributed by atoms with Crippen LogP contribution >= 0.6 is 0 Å². The molecule has 0 spiro atoms. The summed E-state index contributed by atoms with van der Waals surface area (Å²) in [6, 6.07) is 10.9. The Balaban J connectivity index is 1.76. The van der Waals surface area contributed by atoms with Crippen molar-refractivity contribution in [1.29, 1.82) is 0 Å². The Morgan fingerprint density at radius 1 is 1.10 bits per heavy atom. The molecule has 3 rings (SSSR count). The van der Waals surface area contributed by atoms with Gasteiger partial charge in [-0.25, -0.2) is 13.2 Å². The highest BCUT2D eigenvalue weighted by molar-refractivity contribution is 7.90. The van der Waals surface area contributed by atoms with Gasteiger partial charge in [-0.2, -0.15) is 4.98 Å². The first-order valence-corrected chi connectivity index (χ1v) is 10.2. The highest BCUT2D eigenvalue weighted by Crippen LogP contribution is 2.31. The van der Waals surface area contributed by atoms with Crippen LogP contribution in [-0.4, -0.2) is 45.0 Å². The fraction of sp³-hybridized carbons (Fsp3) is 0.211. The Bertz CT molecular complexity index is 1140. The molecule has 9 nitrogen and oxygen atoms in total. The summed E-state index contributed by atoms with van der Waals surface area (Å²) in [5.74, 6) is 0.562. The van der Waals surface area contributed by atoms with E-state index in [0.29, 0.717) is 17.1 Å². The molecule has 152 valence electrons. The molecule has 10 heteroatoms. The molecule has 0 unspecified atom stereocenters. The number of hydrogen-bond acceptors (Lipinski definition) is 9. The maximum Gasteiger partial charge on any atom is 0.339 e. The number of benzene rings is 2. The van der Waals surface area contributed by atoms with E-state index in [1.165, 1.54) is 32.4 Å². The van der Waals surface area contributed by atoms with Gasteiger partial charge in [-0.05, 0) is 24.3 Å². The third-order valence-electron chi connectivity index (χ3n) is 3.95. The second kappa shape index (κ2) is 8.31. The van der Waals surface area contributed by atoms with Gasteiger partial charge in [0.05, 0.1) is 30.2 Å². The average molecular weight is 418 g/mol. The summed E-state index contributed by atoms with van der Waals surface area (Å²) in [6.45, 7) is -0.317. The Morgan fingerprint density at radius 3 is 2.55 bits per heavy atom. The molecule has 0 N–H and O–H groups in total. The van der Waals surface area contributed by atoms with Crippen molar-refractivity contribution in [2.24, 2.45) is 0 Å². The molecule has 1 aromatic heterocycles. The highest BCUT2D eigenvalue weighted by Gasteiger charge is 2.21. The van der Waals surface area contributed by atoms with Gasteiger partial charge in [-0.1, -0.05) is 17.3 Å². The average Bonchev–Trinajstić information content (AvgIpc) is 3.19. The minimum absolute atomic E-state index is 0.0445. The van der Waals surface area contributed by atoms with Crippen LogP contribution < -0.4 is 9.47 Å². The molecule has 0 amide bonds. The summed E-state index contributed by atoms with van der Waals surface area (Å²) in [5, 5.41) is 3.86. The predicted octanol–water partition coefficient (Wildman–Crippen LogP) is 2.51. The normalized spacial score (nSPS) is 11.1. The number of sulfone groups is 1. The SMILES string of the molecule is COc1ccc(-c2noc(COC(=O)c3ccccc3S(C)(=O)=O)n2)c(OC)c1. The van der Waals surface area contributed by atoms with Gasteiger partial charge in [0.15, 0.2) is 16.4 Å². The first kappa shape index (κ1) is 20.3. The van der Waals surface area contributed by atoms with Gasteiger partial charge >= 0.3 is 5.97 Å². The van der Waals surface area contributed by atoms with Gasteiger partial charge in [0.25, 0.3) is 5.89 Å². The Kier molecular flexibility index (Phi) is 5.83. The maximum atomic E-state index is 12.3. The molecule has 0 atom stereocenters. The summed E-state index contributed by atoms with van der Waals surface area (Å²) >= 11 is 0. The van der Waals surface area contributed by atoms with Crippen molar-refractivity contribution in [1.82, 2.24) is 10.1 Å². The lowest BCUT2D eigenvalue weighted by Gasteiger charge is -2.07. The number of ether oxygens (including phenoxy) is 3. The van der Waals surface area contributed by atoms with E-state index in [1.54, 1.807) is 24.3 Å². The van der Waals surface area contributed by atoms with Crippen molar-refractivity contribution in [2.75, 3.05) is 20.5 Å². The third kappa shape index (κ3) is 4.54. The van der Waals surface area contributed by atoms with Gasteiger partial charge in [0.2, 0.25) is 5.82 Å². The molecule has 0 radical (unpaired) electrons. The fourth-order valence-electron chi connectivity index (χ4n) is 2.57. The molecule has 1 heterocycles. The Morgan fingerprint density at radius 2 is 1.86 bits per heavy atom. The van der Waals surface area contributed by atoms with Crippen LogP contribution in [-0.2, 0) is 21.2 Å². The molecule has 0 bridgehead atoms. The van der Waals surface area contributed by atoms with Crippen molar-refractivity contribution in [3.8, 4) is 22.9 Å². The number of esters is 1. The zero-order chi connectivity index (χ0) is 21.0. The van der Waals surface area contributed by atoms with E-state index in [9.17, 15) is 13.2 Å². The van der Waals surface area contributed by atoms with Crippen LogP contribution in [0.4, 0.5) is 0 Å². The fourth-order valence-corrected chi connectivity index (χ4v) is 3.45. The van der Waals surface area contributed by atoms with Crippen LogP contribution in [0.2, 0.25) is 0 Å². The minimum atomic E-state index is -3.58. The number of hydrogen-bond donors (Lipinski definition) is 0. The van der Waals surface area contributed by atoms with E-state index in [0.717, 1.165) is 6.26 Å². The lowest BCUT2D eigenvalue weighted by molar-refractivity contribution is 0.0425. The zero-order valence-corrected chi connectivity index (χ0v) is 16.7. The first-order valence-electron chi connectivity index (χ1n) is 8.34. The van der Waals surface area contributed by atoms with Crippen molar-refractivity contribution in [3.63, 3.8) is 0 Å². The molecule has 0 saturated carbocycles. The van der Waals surface area contributed by atoms with E-state index in [2.05, 4.69) is 10.1 Å². The monoisotopic (exact) mass is 418 g/mol. The number of aromatic nitrogens is 2. The number of methoxy groups -OCH3 is 2. The van der Waals surface area contributed by atoms with Crippen molar-refractivity contribution < 1.29 is 31.9 Å². The zero-order valence-electron chi connectivity index (χ0n) is 15.9. The molecule has 0 aliphatic carbocycles. The molecule has 0 aliphatic heterocycles. The van der Waals surface area contributed by atoms with Crippen molar-refractivity contribution in [3.05, 3.63) is 53.9 Å². The summed E-state index contributed by atoms with van der Waals surface area (Å²) in [6.07, 6.45) is 1.02. The number of rotatable bonds is 7. The van der Waals surface area contributed by atoms with Gasteiger partial charge in [0, 0.05) is 12.3 Å². The van der Waals surface area contributed by atoms with Crippen LogP contribution in [0.15, 0.2) is 51.9 Å². The second-order valence-corrected chi connectivity index (χ2v) is 7.91. The van der Waals surface area contributed by atoms with Gasteiger partial charge in [0.1, 0.15) is 11.5 Å². The molecular formula is C19H18N2O7S. The van der Waals surface area contributed by atoms with Crippen LogP contribution in [0.3, 0.4) is 0 Å². The van der Waals surface area contributed by atoms with Crippen LogP contribution in [0, 0.1) is 0 Å². The lowest BCUT2D eigenvalue weighted by atomic mass is 10.2. The summed E-state index contributed by atoms with van der Waals surface area (Å²) in [7, 11) is -0.544. The van der Waals surface area contributed by atoms with Crippen molar-refractivity contribution in [2.45, 2.75) is 11.5 Å². The standard InChI is InChI=1S/C19H18N2O7S/c1-25-12-8-9-13(15(10-12)26-2)18-20-17(28-21-18)11-27-19(22)14-6-4-5-7-16(14)29(3,23)24/h4-10H,11H2,1-3H3. The van der Waals surface area contributed by atoms with E-state index >= 15 is 0 Å². The van der Waals surface area contributed by atoms with Gasteiger partial charge in [-0.15, -0.1) is 0 Å². The molecule has 2 aromatic carbocycles. The highest BCUT2D eigenvalue weighted by atomic mass is 32.2. The van der Waals surface area contributed by atoms with Crippen molar-refractivity contribution >= 4 is 15.8 Å². The Hall–Kier alpha value is -3.40. The smallest absolute Gasteiger partial charge is 0.339 e. The molecule has 0 fully saturated rings. The minimum Gasteiger partial charge on any atom is -0.497 e. The van der Waals surface area contributed by atoms with E-state index in [1.807, 2.05) is 0 Å². The maximum absolute atomic E-state index is 12.3. The number of nitrogens with zero attached hydrogens (tertiary/aromatic N) is 2. The lowest BCUT2D eigenvalue weighted by Crippen LogP contribution is -2.11. The van der Waals surface area contributed by atoms with Crippen LogP contribution in [0.1, 0.15) is 16.2 Å². The molecular weight excluding hydrogens is 400 g/mol. The van der Waals surface area contributed by atoms with E-state index in [-0.39, 0.29) is 28.8 Å². The topological polar surface area (TPSA) is 118 Å². The van der Waals surface area contributed by atoms with E-state index in [4.69, 9.17) is 18.7 Å². The summed E-state index contributed by atoms with van der Waals surface area (Å²) in [5.41, 5.74) is 0.503.